The number of hydrogen-bond acceptors (Lipinski definition) is 6. The molecule has 2 aliphatic heterocycles. The van der Waals surface area contributed by atoms with Crippen LogP contribution in [0.15, 0.2) is 5.38 Å². The SMILES string of the molecule is Nc1nc(CC(=O)N2CCC3(C2)NC(=O)NC3=O)cs1. The number of thiazole rings is 1. The fourth-order valence-electron chi connectivity index (χ4n) is 2.51. The molecule has 2 saturated heterocycles. The van der Waals surface area contributed by atoms with Crippen LogP contribution >= 0.6 is 11.3 Å². The zero-order valence-electron chi connectivity index (χ0n) is 10.5. The highest BCUT2D eigenvalue weighted by Crippen LogP contribution is 2.25. The lowest BCUT2D eigenvalue weighted by Gasteiger charge is -2.20. The lowest BCUT2D eigenvalue weighted by atomic mass is 9.99. The fourth-order valence-corrected chi connectivity index (χ4v) is 3.07. The maximum atomic E-state index is 12.2. The van der Waals surface area contributed by atoms with E-state index >= 15 is 0 Å². The van der Waals surface area contributed by atoms with E-state index in [-0.39, 0.29) is 24.8 Å². The van der Waals surface area contributed by atoms with E-state index in [0.717, 1.165) is 0 Å². The minimum Gasteiger partial charge on any atom is -0.375 e. The molecule has 2 fully saturated rings. The second-order valence-electron chi connectivity index (χ2n) is 4.91. The van der Waals surface area contributed by atoms with Gasteiger partial charge in [0.25, 0.3) is 5.91 Å². The van der Waals surface area contributed by atoms with Crippen LogP contribution < -0.4 is 16.4 Å². The Morgan fingerprint density at radius 3 is 2.95 bits per heavy atom. The number of anilines is 1. The Balaban J connectivity index is 1.66. The van der Waals surface area contributed by atoms with E-state index in [9.17, 15) is 14.4 Å². The molecule has 20 heavy (non-hydrogen) atoms. The number of aromatic nitrogens is 1. The lowest BCUT2D eigenvalue weighted by molar-refractivity contribution is -0.130. The zero-order chi connectivity index (χ0) is 14.3. The number of hydrogen-bond donors (Lipinski definition) is 3. The normalized spacial score (nSPS) is 25.1. The van der Waals surface area contributed by atoms with Gasteiger partial charge in [0.1, 0.15) is 5.54 Å². The van der Waals surface area contributed by atoms with Gasteiger partial charge in [0.05, 0.1) is 18.7 Å². The van der Waals surface area contributed by atoms with Gasteiger partial charge < -0.3 is 16.0 Å². The van der Waals surface area contributed by atoms with Gasteiger partial charge in [-0.1, -0.05) is 0 Å². The standard InChI is InChI=1S/C11H13N5O3S/c12-9-13-6(4-20-9)3-7(17)16-2-1-11(5-16)8(18)14-10(19)15-11/h4H,1-3,5H2,(H2,12,13)(H2,14,15,18,19). The summed E-state index contributed by atoms with van der Waals surface area (Å²) in [6.07, 6.45) is 0.578. The van der Waals surface area contributed by atoms with Crippen LogP contribution in [0.25, 0.3) is 0 Å². The van der Waals surface area contributed by atoms with Crippen molar-refractivity contribution in [2.24, 2.45) is 0 Å². The van der Waals surface area contributed by atoms with Crippen LogP contribution in [0.4, 0.5) is 9.93 Å². The summed E-state index contributed by atoms with van der Waals surface area (Å²) in [6.45, 7) is 0.634. The van der Waals surface area contributed by atoms with Crippen LogP contribution in [0.3, 0.4) is 0 Å². The molecule has 1 spiro atoms. The average molecular weight is 295 g/mol. The molecule has 0 saturated carbocycles. The Labute approximate surface area is 118 Å². The first-order chi connectivity index (χ1) is 9.48. The van der Waals surface area contributed by atoms with Gasteiger partial charge in [-0.05, 0) is 6.42 Å². The fraction of sp³-hybridized carbons (Fsp3) is 0.455. The van der Waals surface area contributed by atoms with Crippen molar-refractivity contribution in [1.29, 1.82) is 0 Å². The second kappa shape index (κ2) is 4.44. The van der Waals surface area contributed by atoms with Gasteiger partial charge in [0, 0.05) is 11.9 Å². The van der Waals surface area contributed by atoms with E-state index < -0.39 is 11.6 Å². The van der Waals surface area contributed by atoms with Gasteiger partial charge in [0.15, 0.2) is 5.13 Å². The van der Waals surface area contributed by atoms with Gasteiger partial charge in [0.2, 0.25) is 5.91 Å². The molecule has 106 valence electrons. The number of carbonyl (C=O) groups excluding carboxylic acids is 3. The highest BCUT2D eigenvalue weighted by atomic mass is 32.1. The summed E-state index contributed by atoms with van der Waals surface area (Å²) in [5, 5.41) is 6.98. The maximum absolute atomic E-state index is 12.2. The first-order valence-corrected chi connectivity index (χ1v) is 6.98. The second-order valence-corrected chi connectivity index (χ2v) is 5.80. The summed E-state index contributed by atoms with van der Waals surface area (Å²) in [5.74, 6) is -0.489. The van der Waals surface area contributed by atoms with E-state index in [0.29, 0.717) is 23.8 Å². The predicted molar refractivity (Wildman–Crippen MR) is 70.8 cm³/mol. The van der Waals surface area contributed by atoms with Crippen molar-refractivity contribution in [1.82, 2.24) is 20.5 Å². The Hall–Kier alpha value is -2.16. The minimum atomic E-state index is -0.964. The molecule has 8 nitrogen and oxygen atoms in total. The average Bonchev–Trinajstić information content (AvgIpc) is 3.03. The molecule has 1 aromatic rings. The third-order valence-electron chi connectivity index (χ3n) is 3.54. The molecular formula is C11H13N5O3S. The van der Waals surface area contributed by atoms with E-state index in [1.54, 1.807) is 10.3 Å². The molecular weight excluding hydrogens is 282 g/mol. The summed E-state index contributed by atoms with van der Waals surface area (Å²) in [4.78, 5) is 40.8. The number of nitrogens with zero attached hydrogens (tertiary/aromatic N) is 2. The summed E-state index contributed by atoms with van der Waals surface area (Å²) < 4.78 is 0. The van der Waals surface area contributed by atoms with E-state index in [1.165, 1.54) is 11.3 Å². The number of imide groups is 1. The van der Waals surface area contributed by atoms with Crippen LogP contribution in [-0.2, 0) is 16.0 Å². The largest absolute Gasteiger partial charge is 0.375 e. The van der Waals surface area contributed by atoms with Gasteiger partial charge in [-0.3, -0.25) is 14.9 Å². The Morgan fingerprint density at radius 1 is 1.55 bits per heavy atom. The first-order valence-electron chi connectivity index (χ1n) is 6.10. The van der Waals surface area contributed by atoms with Crippen molar-refractivity contribution in [3.8, 4) is 0 Å². The van der Waals surface area contributed by atoms with Crippen LogP contribution in [0.2, 0.25) is 0 Å². The topological polar surface area (TPSA) is 117 Å². The molecule has 4 amide bonds. The van der Waals surface area contributed by atoms with E-state index in [4.69, 9.17) is 5.73 Å². The number of nitrogens with two attached hydrogens (primary N) is 1. The number of urea groups is 1. The number of rotatable bonds is 2. The molecule has 1 aromatic heterocycles. The summed E-state index contributed by atoms with van der Waals surface area (Å²) >= 11 is 1.28. The number of amides is 4. The van der Waals surface area contributed by atoms with Crippen LogP contribution in [0.1, 0.15) is 12.1 Å². The molecule has 2 aliphatic rings. The van der Waals surface area contributed by atoms with Gasteiger partial charge in [-0.15, -0.1) is 11.3 Å². The van der Waals surface area contributed by atoms with Crippen LogP contribution in [-0.4, -0.2) is 46.4 Å². The van der Waals surface area contributed by atoms with Gasteiger partial charge >= 0.3 is 6.03 Å². The molecule has 0 aliphatic carbocycles. The third-order valence-corrected chi connectivity index (χ3v) is 4.26. The highest BCUT2D eigenvalue weighted by molar-refractivity contribution is 7.13. The molecule has 3 heterocycles. The van der Waals surface area contributed by atoms with Crippen molar-refractivity contribution in [2.45, 2.75) is 18.4 Å². The molecule has 0 bridgehead atoms. The van der Waals surface area contributed by atoms with Crippen molar-refractivity contribution in [3.63, 3.8) is 0 Å². The highest BCUT2D eigenvalue weighted by Gasteiger charge is 2.51. The van der Waals surface area contributed by atoms with Gasteiger partial charge in [-0.2, -0.15) is 0 Å². The van der Waals surface area contributed by atoms with Gasteiger partial charge in [-0.25, -0.2) is 9.78 Å². The minimum absolute atomic E-state index is 0.124. The van der Waals surface area contributed by atoms with E-state index in [1.807, 2.05) is 0 Å². The Bertz CT molecular complexity index is 601. The summed E-state index contributed by atoms with van der Waals surface area (Å²) in [6, 6.07) is -0.503. The number of carbonyl (C=O) groups is 3. The number of nitrogen functional groups attached to an aromatic ring is 1. The molecule has 9 heteroatoms. The smallest absolute Gasteiger partial charge is 0.322 e. The molecule has 3 rings (SSSR count). The summed E-state index contributed by atoms with van der Waals surface area (Å²) in [5.41, 5.74) is 5.18. The molecule has 4 N–H and O–H groups in total. The third kappa shape index (κ3) is 2.09. The first kappa shape index (κ1) is 12.9. The van der Waals surface area contributed by atoms with Crippen LogP contribution in [0.5, 0.6) is 0 Å². The maximum Gasteiger partial charge on any atom is 0.322 e. The van der Waals surface area contributed by atoms with Crippen molar-refractivity contribution >= 4 is 34.3 Å². The predicted octanol–water partition coefficient (Wildman–Crippen LogP) is -0.922. The molecule has 1 atom stereocenters. The zero-order valence-corrected chi connectivity index (χ0v) is 11.3. The quantitative estimate of drug-likeness (QED) is 0.610. The number of nitrogens with one attached hydrogen (secondary N) is 2. The number of likely N-dealkylation sites (tertiary alicyclic amines) is 1. The molecule has 0 radical (unpaired) electrons. The summed E-state index contributed by atoms with van der Waals surface area (Å²) in [7, 11) is 0. The molecule has 1 unspecified atom stereocenters. The van der Waals surface area contributed by atoms with Crippen molar-refractivity contribution < 1.29 is 14.4 Å². The lowest BCUT2D eigenvalue weighted by Crippen LogP contribution is -2.49. The van der Waals surface area contributed by atoms with Crippen molar-refractivity contribution in [2.75, 3.05) is 18.8 Å². The van der Waals surface area contributed by atoms with Crippen LogP contribution in [0, 0.1) is 0 Å². The Kier molecular flexibility index (Phi) is 2.85. The van der Waals surface area contributed by atoms with Crippen molar-refractivity contribution in [3.05, 3.63) is 11.1 Å². The van der Waals surface area contributed by atoms with E-state index in [2.05, 4.69) is 15.6 Å². The monoisotopic (exact) mass is 295 g/mol. The Morgan fingerprint density at radius 2 is 2.35 bits per heavy atom. The molecule has 0 aromatic carbocycles.